The first kappa shape index (κ1) is 17.4. The Morgan fingerprint density at radius 1 is 1.45 bits per heavy atom. The SMILES string of the molecule is CCCCc1nc(C)c(C(=O)NCCN2CCCS2(=O)=O)s1. The summed E-state index contributed by atoms with van der Waals surface area (Å²) >= 11 is 1.44. The van der Waals surface area contributed by atoms with E-state index in [2.05, 4.69) is 17.2 Å². The Hall–Kier alpha value is -0.990. The van der Waals surface area contributed by atoms with Crippen molar-refractivity contribution in [2.75, 3.05) is 25.4 Å². The van der Waals surface area contributed by atoms with Gasteiger partial charge in [0, 0.05) is 19.6 Å². The molecule has 1 aromatic rings. The lowest BCUT2D eigenvalue weighted by molar-refractivity contribution is 0.0955. The monoisotopic (exact) mass is 345 g/mol. The Bertz CT molecular complexity index is 625. The maximum Gasteiger partial charge on any atom is 0.263 e. The predicted octanol–water partition coefficient (Wildman–Crippen LogP) is 1.56. The van der Waals surface area contributed by atoms with Crippen LogP contribution in [0.2, 0.25) is 0 Å². The molecule has 1 fully saturated rings. The lowest BCUT2D eigenvalue weighted by Gasteiger charge is -2.14. The average Bonchev–Trinajstić information content (AvgIpc) is 2.99. The van der Waals surface area contributed by atoms with E-state index < -0.39 is 10.0 Å². The second-order valence-electron chi connectivity index (χ2n) is 5.45. The quantitative estimate of drug-likeness (QED) is 0.813. The van der Waals surface area contributed by atoms with Crippen molar-refractivity contribution in [1.29, 1.82) is 0 Å². The Morgan fingerprint density at radius 2 is 2.23 bits per heavy atom. The summed E-state index contributed by atoms with van der Waals surface area (Å²) in [6, 6.07) is 0. The van der Waals surface area contributed by atoms with Gasteiger partial charge in [-0.05, 0) is 26.2 Å². The van der Waals surface area contributed by atoms with Gasteiger partial charge in [-0.3, -0.25) is 4.79 Å². The third-order valence-corrected chi connectivity index (χ3v) is 6.81. The van der Waals surface area contributed by atoms with E-state index >= 15 is 0 Å². The molecule has 0 aromatic carbocycles. The number of hydrogen-bond acceptors (Lipinski definition) is 5. The lowest BCUT2D eigenvalue weighted by atomic mass is 10.3. The number of carbonyl (C=O) groups is 1. The van der Waals surface area contributed by atoms with Crippen LogP contribution in [-0.2, 0) is 16.4 Å². The number of unbranched alkanes of at least 4 members (excludes halogenated alkanes) is 1. The summed E-state index contributed by atoms with van der Waals surface area (Å²) in [4.78, 5) is 17.2. The van der Waals surface area contributed by atoms with E-state index in [0.717, 1.165) is 30.0 Å². The zero-order chi connectivity index (χ0) is 16.2. The molecule has 1 aliphatic heterocycles. The number of nitrogens with one attached hydrogen (secondary N) is 1. The molecule has 124 valence electrons. The molecule has 0 bridgehead atoms. The van der Waals surface area contributed by atoms with E-state index in [1.807, 2.05) is 6.92 Å². The van der Waals surface area contributed by atoms with Crippen LogP contribution in [0.4, 0.5) is 0 Å². The van der Waals surface area contributed by atoms with Gasteiger partial charge >= 0.3 is 0 Å². The highest BCUT2D eigenvalue weighted by atomic mass is 32.2. The van der Waals surface area contributed by atoms with E-state index in [0.29, 0.717) is 30.9 Å². The zero-order valence-corrected chi connectivity index (χ0v) is 14.7. The molecule has 1 amide bonds. The highest BCUT2D eigenvalue weighted by Crippen LogP contribution is 2.19. The van der Waals surface area contributed by atoms with Gasteiger partial charge in [-0.2, -0.15) is 0 Å². The summed E-state index contributed by atoms with van der Waals surface area (Å²) in [5.74, 6) is 0.0599. The summed E-state index contributed by atoms with van der Waals surface area (Å²) < 4.78 is 24.8. The summed E-state index contributed by atoms with van der Waals surface area (Å²) in [6.45, 7) is 5.19. The normalized spacial score (nSPS) is 17.7. The van der Waals surface area contributed by atoms with Gasteiger partial charge in [-0.1, -0.05) is 13.3 Å². The van der Waals surface area contributed by atoms with Crippen molar-refractivity contribution in [1.82, 2.24) is 14.6 Å². The number of amides is 1. The molecule has 1 aromatic heterocycles. The second kappa shape index (κ2) is 7.52. The van der Waals surface area contributed by atoms with Crippen LogP contribution >= 0.6 is 11.3 Å². The summed E-state index contributed by atoms with van der Waals surface area (Å²) in [7, 11) is -3.09. The first-order valence-electron chi connectivity index (χ1n) is 7.66. The molecular formula is C14H23N3O3S2. The van der Waals surface area contributed by atoms with Crippen molar-refractivity contribution in [3.05, 3.63) is 15.6 Å². The van der Waals surface area contributed by atoms with Gasteiger partial charge in [-0.15, -0.1) is 11.3 Å². The number of nitrogens with zero attached hydrogens (tertiary/aromatic N) is 2. The van der Waals surface area contributed by atoms with Crippen molar-refractivity contribution in [2.45, 2.75) is 39.5 Å². The molecule has 1 saturated heterocycles. The topological polar surface area (TPSA) is 79.4 Å². The maximum atomic E-state index is 12.2. The van der Waals surface area contributed by atoms with Gasteiger partial charge in [0.15, 0.2) is 0 Å². The fourth-order valence-corrected chi connectivity index (χ4v) is 4.97. The molecule has 1 aliphatic rings. The van der Waals surface area contributed by atoms with Crippen molar-refractivity contribution in [3.8, 4) is 0 Å². The Morgan fingerprint density at radius 3 is 2.86 bits per heavy atom. The van der Waals surface area contributed by atoms with E-state index in [4.69, 9.17) is 0 Å². The predicted molar refractivity (Wildman–Crippen MR) is 87.8 cm³/mol. The minimum Gasteiger partial charge on any atom is -0.350 e. The molecule has 0 spiro atoms. The molecule has 8 heteroatoms. The van der Waals surface area contributed by atoms with Crippen LogP contribution in [0.15, 0.2) is 0 Å². The van der Waals surface area contributed by atoms with E-state index in [9.17, 15) is 13.2 Å². The van der Waals surface area contributed by atoms with Crippen molar-refractivity contribution < 1.29 is 13.2 Å². The largest absolute Gasteiger partial charge is 0.350 e. The standard InChI is InChI=1S/C14H23N3O3S2/c1-3-4-6-12-16-11(2)13(21-12)14(18)15-7-9-17-8-5-10-22(17,19)20/h3-10H2,1-2H3,(H,15,18). The molecule has 0 atom stereocenters. The zero-order valence-electron chi connectivity index (χ0n) is 13.1. The van der Waals surface area contributed by atoms with Gasteiger partial charge in [0.05, 0.1) is 16.5 Å². The molecule has 0 unspecified atom stereocenters. The third-order valence-electron chi connectivity index (χ3n) is 3.64. The van der Waals surface area contributed by atoms with Crippen LogP contribution in [0.5, 0.6) is 0 Å². The fourth-order valence-electron chi connectivity index (χ4n) is 2.41. The van der Waals surface area contributed by atoms with E-state index in [1.54, 1.807) is 0 Å². The highest BCUT2D eigenvalue weighted by Gasteiger charge is 2.27. The van der Waals surface area contributed by atoms with Crippen LogP contribution in [0, 0.1) is 6.92 Å². The van der Waals surface area contributed by atoms with E-state index in [-0.39, 0.29) is 11.7 Å². The Kier molecular flexibility index (Phi) is 5.94. The number of aromatic nitrogens is 1. The number of sulfonamides is 1. The first-order chi connectivity index (χ1) is 10.4. The van der Waals surface area contributed by atoms with E-state index in [1.165, 1.54) is 15.6 Å². The fraction of sp³-hybridized carbons (Fsp3) is 0.714. The highest BCUT2D eigenvalue weighted by molar-refractivity contribution is 7.89. The summed E-state index contributed by atoms with van der Waals surface area (Å²) in [5, 5.41) is 3.79. The third kappa shape index (κ3) is 4.27. The summed E-state index contributed by atoms with van der Waals surface area (Å²) in [5.41, 5.74) is 0.752. The molecule has 2 heterocycles. The van der Waals surface area contributed by atoms with Crippen LogP contribution in [-0.4, -0.2) is 49.0 Å². The number of rotatable bonds is 7. The second-order valence-corrected chi connectivity index (χ2v) is 8.62. The number of aryl methyl sites for hydroxylation is 2. The molecule has 0 aliphatic carbocycles. The van der Waals surface area contributed by atoms with Crippen molar-refractivity contribution in [3.63, 3.8) is 0 Å². The number of thiazole rings is 1. The van der Waals surface area contributed by atoms with Crippen LogP contribution < -0.4 is 5.32 Å². The van der Waals surface area contributed by atoms with Gasteiger partial charge < -0.3 is 5.32 Å². The minimum absolute atomic E-state index is 0.158. The first-order valence-corrected chi connectivity index (χ1v) is 10.1. The lowest BCUT2D eigenvalue weighted by Crippen LogP contribution is -2.35. The smallest absolute Gasteiger partial charge is 0.263 e. The van der Waals surface area contributed by atoms with Crippen LogP contribution in [0.25, 0.3) is 0 Å². The van der Waals surface area contributed by atoms with Gasteiger partial charge in [0.25, 0.3) is 5.91 Å². The molecule has 0 radical (unpaired) electrons. The Balaban J connectivity index is 1.86. The average molecular weight is 345 g/mol. The minimum atomic E-state index is -3.09. The van der Waals surface area contributed by atoms with Crippen molar-refractivity contribution >= 4 is 27.3 Å². The van der Waals surface area contributed by atoms with Gasteiger partial charge in [0.2, 0.25) is 10.0 Å². The number of carbonyl (C=O) groups excluding carboxylic acids is 1. The van der Waals surface area contributed by atoms with Crippen LogP contribution in [0.3, 0.4) is 0 Å². The van der Waals surface area contributed by atoms with Gasteiger partial charge in [-0.25, -0.2) is 17.7 Å². The number of hydrogen-bond donors (Lipinski definition) is 1. The maximum absolute atomic E-state index is 12.2. The molecule has 0 saturated carbocycles. The molecule has 22 heavy (non-hydrogen) atoms. The summed E-state index contributed by atoms with van der Waals surface area (Å²) in [6.07, 6.45) is 3.75. The molecule has 1 N–H and O–H groups in total. The Labute approximate surface area is 136 Å². The molecule has 6 nitrogen and oxygen atoms in total. The van der Waals surface area contributed by atoms with Crippen molar-refractivity contribution in [2.24, 2.45) is 0 Å². The van der Waals surface area contributed by atoms with Gasteiger partial charge in [0.1, 0.15) is 4.88 Å². The molecular weight excluding hydrogens is 322 g/mol. The molecule has 2 rings (SSSR count). The van der Waals surface area contributed by atoms with Crippen LogP contribution in [0.1, 0.15) is 46.6 Å².